The van der Waals surface area contributed by atoms with Gasteiger partial charge in [0.1, 0.15) is 22.9 Å². The smallest absolute Gasteiger partial charge is 0.416 e. The first-order valence-corrected chi connectivity index (χ1v) is 13.7. The van der Waals surface area contributed by atoms with Crippen molar-refractivity contribution in [3.8, 4) is 11.3 Å². The molecule has 6 nitrogen and oxygen atoms in total. The van der Waals surface area contributed by atoms with Gasteiger partial charge in [0.25, 0.3) is 0 Å². The van der Waals surface area contributed by atoms with Gasteiger partial charge in [-0.25, -0.2) is 9.97 Å². The zero-order valence-corrected chi connectivity index (χ0v) is 22.2. The number of hydrogen-bond donors (Lipinski definition) is 2. The summed E-state index contributed by atoms with van der Waals surface area (Å²) in [6.45, 7) is 1.89. The van der Waals surface area contributed by atoms with Gasteiger partial charge < -0.3 is 10.8 Å². The van der Waals surface area contributed by atoms with E-state index in [1.54, 1.807) is 12.3 Å². The molecule has 0 radical (unpaired) electrons. The van der Waals surface area contributed by atoms with Crippen molar-refractivity contribution in [1.82, 2.24) is 14.4 Å². The number of aliphatic carboxylic acids is 1. The van der Waals surface area contributed by atoms with Crippen LogP contribution in [0.4, 0.5) is 19.0 Å². The lowest BCUT2D eigenvalue weighted by Crippen LogP contribution is -2.39. The fraction of sp³-hybridized carbons (Fsp3) is 0.387. The van der Waals surface area contributed by atoms with E-state index in [-0.39, 0.29) is 11.3 Å². The Hall–Kier alpha value is -3.88. The Bertz CT molecular complexity index is 1580. The topological polar surface area (TPSA) is 93.5 Å². The van der Waals surface area contributed by atoms with E-state index in [9.17, 15) is 23.1 Å². The molecule has 1 atom stereocenters. The lowest BCUT2D eigenvalue weighted by molar-refractivity contribution is -0.151. The number of anilines is 1. The largest absolute Gasteiger partial charge is 0.481 e. The number of nitrogen functional groups attached to an aromatic ring is 1. The number of imidazole rings is 1. The number of hydrogen-bond acceptors (Lipinski definition) is 4. The maximum Gasteiger partial charge on any atom is 0.416 e. The molecule has 40 heavy (non-hydrogen) atoms. The summed E-state index contributed by atoms with van der Waals surface area (Å²) < 4.78 is 41.8. The molecule has 3 N–H and O–H groups in total. The first kappa shape index (κ1) is 26.3. The van der Waals surface area contributed by atoms with Gasteiger partial charge in [0.15, 0.2) is 0 Å². The average Bonchev–Trinajstić information content (AvgIpc) is 3.11. The molecule has 2 bridgehead atoms. The van der Waals surface area contributed by atoms with Crippen LogP contribution in [-0.2, 0) is 16.4 Å². The maximum atomic E-state index is 13.3. The Morgan fingerprint density at radius 1 is 1.02 bits per heavy atom. The number of alkyl halides is 3. The first-order chi connectivity index (χ1) is 19.0. The molecule has 0 spiro atoms. The third-order valence-electron chi connectivity index (χ3n) is 9.38. The molecule has 9 heteroatoms. The second-order valence-electron chi connectivity index (χ2n) is 11.5. The number of nitrogens with two attached hydrogens (primary N) is 1. The van der Waals surface area contributed by atoms with E-state index < -0.39 is 23.1 Å². The van der Waals surface area contributed by atoms with Crippen molar-refractivity contribution >= 4 is 17.3 Å². The molecule has 0 aliphatic heterocycles. The van der Waals surface area contributed by atoms with Crippen LogP contribution in [0, 0.1) is 5.41 Å². The lowest BCUT2D eigenvalue weighted by atomic mass is 9.65. The molecular weight excluding hydrogens is 517 g/mol. The van der Waals surface area contributed by atoms with E-state index in [1.807, 2.05) is 41.8 Å². The summed E-state index contributed by atoms with van der Waals surface area (Å²) in [5.41, 5.74) is 8.59. The minimum absolute atomic E-state index is 0.234. The number of carbonyl (C=O) groups is 1. The Morgan fingerprint density at radius 3 is 2.42 bits per heavy atom. The van der Waals surface area contributed by atoms with Gasteiger partial charge in [-0.1, -0.05) is 55.8 Å². The number of carboxylic acids is 1. The summed E-state index contributed by atoms with van der Waals surface area (Å²) >= 11 is 0. The Labute approximate surface area is 230 Å². The average molecular weight is 549 g/mol. The number of aromatic nitrogens is 3. The van der Waals surface area contributed by atoms with Crippen molar-refractivity contribution in [2.45, 2.75) is 69.4 Å². The van der Waals surface area contributed by atoms with Crippen molar-refractivity contribution < 1.29 is 23.1 Å². The van der Waals surface area contributed by atoms with Gasteiger partial charge >= 0.3 is 12.1 Å². The van der Waals surface area contributed by atoms with E-state index in [4.69, 9.17) is 10.7 Å². The molecule has 2 aromatic heterocycles. The molecule has 2 aromatic carbocycles. The number of nitrogens with zero attached hydrogens (tertiary/aromatic N) is 3. The van der Waals surface area contributed by atoms with Crippen LogP contribution < -0.4 is 5.73 Å². The van der Waals surface area contributed by atoms with E-state index >= 15 is 0 Å². The second kappa shape index (κ2) is 9.35. The van der Waals surface area contributed by atoms with Crippen molar-refractivity contribution in [1.29, 1.82) is 0 Å². The predicted molar refractivity (Wildman–Crippen MR) is 146 cm³/mol. The molecule has 3 saturated carbocycles. The zero-order valence-electron chi connectivity index (χ0n) is 22.2. The fourth-order valence-corrected chi connectivity index (χ4v) is 6.87. The van der Waals surface area contributed by atoms with Gasteiger partial charge in [-0.2, -0.15) is 13.2 Å². The van der Waals surface area contributed by atoms with Crippen LogP contribution in [0.15, 0.2) is 60.9 Å². The molecule has 2 heterocycles. The van der Waals surface area contributed by atoms with E-state index in [0.29, 0.717) is 41.9 Å². The summed E-state index contributed by atoms with van der Waals surface area (Å²) in [4.78, 5) is 21.6. The van der Waals surface area contributed by atoms with Gasteiger partial charge in [0, 0.05) is 29.3 Å². The number of carboxylic acid groups (broad SMARTS) is 1. The summed E-state index contributed by atoms with van der Waals surface area (Å²) in [6.07, 6.45) is 4.32. The highest BCUT2D eigenvalue weighted by molar-refractivity contribution is 5.85. The highest BCUT2D eigenvalue weighted by atomic mass is 19.4. The van der Waals surface area contributed by atoms with Crippen LogP contribution in [0.2, 0.25) is 0 Å². The lowest BCUT2D eigenvalue weighted by Gasteiger charge is -2.39. The summed E-state index contributed by atoms with van der Waals surface area (Å²) in [5.74, 6) is 0.329. The van der Waals surface area contributed by atoms with Gasteiger partial charge in [-0.05, 0) is 55.7 Å². The molecule has 3 aliphatic carbocycles. The van der Waals surface area contributed by atoms with Gasteiger partial charge in [-0.3, -0.25) is 9.20 Å². The molecule has 4 aromatic rings. The molecular formula is C31H31F3N4O2. The standard InChI is InChI=1S/C31H31F3N4O2/c1-19(22-4-2-5-23(18-22)31(32,33)34)20-6-8-21(9-7-20)24-25-26(35)36-16-17-38(25)27(37-24)29-10-3-11-30(14-12-29,15-13-29)28(39)40/h2,4-9,16-19H,3,10-15H2,1H3,(H2,35,36)(H,39,40)/t19-,29?,30?/m0/s1. The minimum atomic E-state index is -4.39. The molecule has 0 unspecified atom stereocenters. The van der Waals surface area contributed by atoms with E-state index in [0.717, 1.165) is 48.7 Å². The van der Waals surface area contributed by atoms with Crippen LogP contribution in [-0.4, -0.2) is 25.4 Å². The molecule has 3 fully saturated rings. The van der Waals surface area contributed by atoms with Crippen LogP contribution in [0.1, 0.15) is 80.3 Å². The molecule has 7 rings (SSSR count). The Morgan fingerprint density at radius 2 is 1.75 bits per heavy atom. The summed E-state index contributed by atoms with van der Waals surface area (Å²) in [6, 6.07) is 13.1. The maximum absolute atomic E-state index is 13.3. The van der Waals surface area contributed by atoms with Gasteiger partial charge in [0.2, 0.25) is 0 Å². The van der Waals surface area contributed by atoms with Crippen LogP contribution in [0.5, 0.6) is 0 Å². The van der Waals surface area contributed by atoms with Crippen LogP contribution in [0.25, 0.3) is 16.8 Å². The fourth-order valence-electron chi connectivity index (χ4n) is 6.87. The van der Waals surface area contributed by atoms with E-state index in [1.165, 1.54) is 12.1 Å². The number of halogens is 3. The van der Waals surface area contributed by atoms with Crippen LogP contribution >= 0.6 is 0 Å². The van der Waals surface area contributed by atoms with Crippen molar-refractivity contribution in [3.05, 3.63) is 83.4 Å². The quantitative estimate of drug-likeness (QED) is 0.275. The SMILES string of the molecule is C[C@@H](c1ccc(-c2nc(C34CCCC(C(=O)O)(CC3)CC4)n3ccnc(N)c23)cc1)c1cccc(C(F)(F)F)c1. The number of fused-ring (bicyclic) bond motifs is 5. The van der Waals surface area contributed by atoms with E-state index in [2.05, 4.69) is 4.98 Å². The van der Waals surface area contributed by atoms with Crippen molar-refractivity contribution in [2.24, 2.45) is 5.41 Å². The number of benzene rings is 2. The van der Waals surface area contributed by atoms with Gasteiger partial charge in [-0.15, -0.1) is 0 Å². The molecule has 0 saturated heterocycles. The van der Waals surface area contributed by atoms with Gasteiger partial charge in [0.05, 0.1) is 11.0 Å². The number of rotatable bonds is 5. The molecule has 3 aliphatic rings. The summed E-state index contributed by atoms with van der Waals surface area (Å²) in [7, 11) is 0. The van der Waals surface area contributed by atoms with Crippen molar-refractivity contribution in [3.63, 3.8) is 0 Å². The van der Waals surface area contributed by atoms with Crippen LogP contribution in [0.3, 0.4) is 0 Å². The third-order valence-corrected chi connectivity index (χ3v) is 9.38. The normalized spacial score (nSPS) is 23.7. The van der Waals surface area contributed by atoms with Crippen molar-refractivity contribution in [2.75, 3.05) is 5.73 Å². The Kier molecular flexibility index (Phi) is 6.16. The zero-order chi connectivity index (χ0) is 28.3. The third kappa shape index (κ3) is 4.22. The highest BCUT2D eigenvalue weighted by Gasteiger charge is 2.52. The second-order valence-corrected chi connectivity index (χ2v) is 11.5. The molecule has 0 amide bonds. The first-order valence-electron chi connectivity index (χ1n) is 13.7. The minimum Gasteiger partial charge on any atom is -0.481 e. The highest BCUT2D eigenvalue weighted by Crippen LogP contribution is 2.55. The summed E-state index contributed by atoms with van der Waals surface area (Å²) in [5, 5.41) is 9.94. The monoisotopic (exact) mass is 548 g/mol. The Balaban J connectivity index is 1.37. The molecule has 208 valence electrons. The predicted octanol–water partition coefficient (Wildman–Crippen LogP) is 7.22.